The summed E-state index contributed by atoms with van der Waals surface area (Å²) in [6, 6.07) is 10.7. The van der Waals surface area contributed by atoms with Crippen molar-refractivity contribution in [3.05, 3.63) is 53.1 Å². The van der Waals surface area contributed by atoms with E-state index in [4.69, 9.17) is 11.6 Å². The second-order valence-electron chi connectivity index (χ2n) is 6.47. The Labute approximate surface area is 168 Å². The van der Waals surface area contributed by atoms with E-state index in [2.05, 4.69) is 10.6 Å². The minimum atomic E-state index is -3.66. The first-order valence-electron chi connectivity index (χ1n) is 8.76. The highest BCUT2D eigenvalue weighted by atomic mass is 35.5. The van der Waals surface area contributed by atoms with Crippen LogP contribution >= 0.6 is 11.6 Å². The zero-order valence-electron chi connectivity index (χ0n) is 15.2. The summed E-state index contributed by atoms with van der Waals surface area (Å²) in [6.45, 7) is 2.34. The van der Waals surface area contributed by atoms with E-state index in [0.29, 0.717) is 24.5 Å². The van der Waals surface area contributed by atoms with Crippen LogP contribution in [0.2, 0.25) is 5.02 Å². The number of amides is 2. The van der Waals surface area contributed by atoms with Crippen LogP contribution in [-0.2, 0) is 14.8 Å². The van der Waals surface area contributed by atoms with E-state index in [1.165, 1.54) is 29.4 Å². The Bertz CT molecular complexity index is 1020. The molecule has 7 nitrogen and oxygen atoms in total. The molecule has 1 saturated heterocycles. The van der Waals surface area contributed by atoms with Gasteiger partial charge >= 0.3 is 0 Å². The quantitative estimate of drug-likeness (QED) is 0.773. The number of rotatable bonds is 5. The van der Waals surface area contributed by atoms with Gasteiger partial charge in [0.1, 0.15) is 0 Å². The van der Waals surface area contributed by atoms with E-state index < -0.39 is 15.9 Å². The lowest BCUT2D eigenvalue weighted by Gasteiger charge is -2.16. The molecule has 1 heterocycles. The van der Waals surface area contributed by atoms with E-state index in [0.717, 1.165) is 12.8 Å². The number of sulfonamides is 1. The van der Waals surface area contributed by atoms with Gasteiger partial charge in [-0.25, -0.2) is 8.42 Å². The molecule has 0 aliphatic carbocycles. The second kappa shape index (κ2) is 8.30. The molecule has 0 aromatic heterocycles. The fourth-order valence-electron chi connectivity index (χ4n) is 2.99. The highest BCUT2D eigenvalue weighted by Crippen LogP contribution is 2.26. The summed E-state index contributed by atoms with van der Waals surface area (Å²) in [6.07, 6.45) is 1.65. The molecule has 0 bridgehead atoms. The Morgan fingerprint density at radius 3 is 2.29 bits per heavy atom. The maximum atomic E-state index is 12.7. The molecule has 2 aromatic carbocycles. The fraction of sp³-hybridized carbons (Fsp3) is 0.263. The summed E-state index contributed by atoms with van der Waals surface area (Å²) in [4.78, 5) is 23.9. The summed E-state index contributed by atoms with van der Waals surface area (Å²) in [5.41, 5.74) is 1.04. The Kier molecular flexibility index (Phi) is 6.02. The van der Waals surface area contributed by atoms with Crippen molar-refractivity contribution in [2.24, 2.45) is 0 Å². The summed E-state index contributed by atoms with van der Waals surface area (Å²) in [7, 11) is -3.66. The number of nitrogens with zero attached hydrogens (tertiary/aromatic N) is 1. The molecule has 148 valence electrons. The second-order valence-corrected chi connectivity index (χ2v) is 8.81. The number of carbonyl (C=O) groups excluding carboxylic acids is 2. The van der Waals surface area contributed by atoms with Gasteiger partial charge < -0.3 is 10.6 Å². The van der Waals surface area contributed by atoms with E-state index in [1.54, 1.807) is 24.3 Å². The summed E-state index contributed by atoms with van der Waals surface area (Å²) < 4.78 is 26.9. The minimum absolute atomic E-state index is 0.0379. The average Bonchev–Trinajstić information content (AvgIpc) is 3.17. The molecule has 1 fully saturated rings. The van der Waals surface area contributed by atoms with E-state index in [1.807, 2.05) is 0 Å². The van der Waals surface area contributed by atoms with Gasteiger partial charge in [0.2, 0.25) is 15.9 Å². The Hall–Kier alpha value is -2.42. The Morgan fingerprint density at radius 1 is 1.00 bits per heavy atom. The normalized spacial score (nSPS) is 14.6. The first-order valence-corrected chi connectivity index (χ1v) is 10.6. The van der Waals surface area contributed by atoms with Crippen LogP contribution in [0.15, 0.2) is 47.4 Å². The van der Waals surface area contributed by atoms with Gasteiger partial charge in [0.25, 0.3) is 5.91 Å². The molecular weight excluding hydrogens is 402 g/mol. The van der Waals surface area contributed by atoms with Crippen molar-refractivity contribution in [1.82, 2.24) is 4.31 Å². The molecule has 28 heavy (non-hydrogen) atoms. The van der Waals surface area contributed by atoms with Gasteiger partial charge in [0, 0.05) is 31.4 Å². The van der Waals surface area contributed by atoms with Crippen molar-refractivity contribution in [1.29, 1.82) is 0 Å². The monoisotopic (exact) mass is 421 g/mol. The van der Waals surface area contributed by atoms with Crippen LogP contribution in [-0.4, -0.2) is 37.6 Å². The number of anilines is 2. The van der Waals surface area contributed by atoms with Crippen molar-refractivity contribution in [3.8, 4) is 0 Å². The molecule has 0 unspecified atom stereocenters. The van der Waals surface area contributed by atoms with Gasteiger partial charge in [-0.3, -0.25) is 9.59 Å². The van der Waals surface area contributed by atoms with Crippen molar-refractivity contribution in [2.45, 2.75) is 24.7 Å². The minimum Gasteiger partial charge on any atom is -0.326 e. The molecule has 1 aliphatic heterocycles. The lowest BCUT2D eigenvalue weighted by atomic mass is 10.2. The van der Waals surface area contributed by atoms with E-state index in [-0.39, 0.29) is 21.4 Å². The SMILES string of the molecule is CC(=O)Nc1cccc(NC(=O)c2cc(S(=O)(=O)N3CCCC3)ccc2Cl)c1. The first-order chi connectivity index (χ1) is 13.3. The third-order valence-electron chi connectivity index (χ3n) is 4.33. The van der Waals surface area contributed by atoms with Gasteiger partial charge in [-0.05, 0) is 49.2 Å². The van der Waals surface area contributed by atoms with E-state index >= 15 is 0 Å². The van der Waals surface area contributed by atoms with E-state index in [9.17, 15) is 18.0 Å². The summed E-state index contributed by atoms with van der Waals surface area (Å²) >= 11 is 6.14. The first kappa shape index (κ1) is 20.3. The predicted molar refractivity (Wildman–Crippen MR) is 108 cm³/mol. The molecule has 2 N–H and O–H groups in total. The lowest BCUT2D eigenvalue weighted by molar-refractivity contribution is -0.114. The molecular formula is C19H20ClN3O4S. The molecule has 0 atom stereocenters. The number of hydrogen-bond donors (Lipinski definition) is 2. The Morgan fingerprint density at radius 2 is 1.64 bits per heavy atom. The van der Waals surface area contributed by atoms with Gasteiger partial charge in [-0.15, -0.1) is 0 Å². The van der Waals surface area contributed by atoms with Crippen LogP contribution in [0.5, 0.6) is 0 Å². The Balaban J connectivity index is 1.85. The fourth-order valence-corrected chi connectivity index (χ4v) is 4.74. The molecule has 2 aromatic rings. The maximum absolute atomic E-state index is 12.7. The standard InChI is InChI=1S/C19H20ClN3O4S/c1-13(24)21-14-5-4-6-15(11-14)22-19(25)17-12-16(7-8-18(17)20)28(26,27)23-9-2-3-10-23/h4-8,11-12H,2-3,9-10H2,1H3,(H,21,24)(H,22,25). The van der Waals surface area contributed by atoms with Gasteiger partial charge in [-0.2, -0.15) is 4.31 Å². The molecule has 3 rings (SSSR count). The number of nitrogens with one attached hydrogen (secondary N) is 2. The predicted octanol–water partition coefficient (Wildman–Crippen LogP) is 3.34. The molecule has 9 heteroatoms. The van der Waals surface area contributed by atoms with Crippen LogP contribution in [0.3, 0.4) is 0 Å². The van der Waals surface area contributed by atoms with Crippen molar-refractivity contribution >= 4 is 44.8 Å². The number of halogens is 1. The van der Waals surface area contributed by atoms with Gasteiger partial charge in [0.05, 0.1) is 15.5 Å². The zero-order valence-corrected chi connectivity index (χ0v) is 16.8. The van der Waals surface area contributed by atoms with Crippen LogP contribution in [0.4, 0.5) is 11.4 Å². The molecule has 1 aliphatic rings. The third-order valence-corrected chi connectivity index (χ3v) is 6.55. The lowest BCUT2D eigenvalue weighted by Crippen LogP contribution is -2.28. The molecule has 0 spiro atoms. The van der Waals surface area contributed by atoms with Crippen LogP contribution in [0, 0.1) is 0 Å². The zero-order chi connectivity index (χ0) is 20.3. The van der Waals surface area contributed by atoms with Crippen LogP contribution in [0.1, 0.15) is 30.1 Å². The highest BCUT2D eigenvalue weighted by molar-refractivity contribution is 7.89. The van der Waals surface area contributed by atoms with Crippen molar-refractivity contribution in [3.63, 3.8) is 0 Å². The molecule has 0 radical (unpaired) electrons. The number of carbonyl (C=O) groups is 2. The van der Waals surface area contributed by atoms with Gasteiger partial charge in [0.15, 0.2) is 0 Å². The topological polar surface area (TPSA) is 95.6 Å². The maximum Gasteiger partial charge on any atom is 0.257 e. The summed E-state index contributed by atoms with van der Waals surface area (Å²) in [5, 5.41) is 5.46. The third kappa shape index (κ3) is 4.52. The largest absolute Gasteiger partial charge is 0.326 e. The van der Waals surface area contributed by atoms with Gasteiger partial charge in [-0.1, -0.05) is 17.7 Å². The van der Waals surface area contributed by atoms with Crippen LogP contribution < -0.4 is 10.6 Å². The summed E-state index contributed by atoms with van der Waals surface area (Å²) in [5.74, 6) is -0.769. The number of hydrogen-bond acceptors (Lipinski definition) is 4. The number of benzene rings is 2. The molecule has 0 saturated carbocycles. The highest BCUT2D eigenvalue weighted by Gasteiger charge is 2.28. The van der Waals surface area contributed by atoms with Crippen LogP contribution in [0.25, 0.3) is 0 Å². The van der Waals surface area contributed by atoms with Crippen molar-refractivity contribution < 1.29 is 18.0 Å². The van der Waals surface area contributed by atoms with Crippen molar-refractivity contribution in [2.75, 3.05) is 23.7 Å². The average molecular weight is 422 g/mol. The smallest absolute Gasteiger partial charge is 0.257 e. The molecule has 2 amide bonds.